The van der Waals surface area contributed by atoms with Crippen LogP contribution in [0.3, 0.4) is 0 Å². The molecule has 0 bridgehead atoms. The van der Waals surface area contributed by atoms with Crippen molar-refractivity contribution >= 4 is 8.38 Å². The highest BCUT2D eigenvalue weighted by atomic mass is 31.2. The molecule has 8 heteroatoms. The molecule has 7 nitrogen and oxygen atoms in total. The minimum atomic E-state index is -2.07. The quantitative estimate of drug-likeness (QED) is 0.735. The van der Waals surface area contributed by atoms with E-state index in [0.29, 0.717) is 12.8 Å². The first kappa shape index (κ1) is 20.7. The molecule has 0 amide bonds. The number of ether oxygens (including phenoxy) is 1. The van der Waals surface area contributed by atoms with Gasteiger partial charge in [-0.2, -0.15) is 0 Å². The Bertz CT molecular complexity index is 553. The van der Waals surface area contributed by atoms with Gasteiger partial charge in [0.2, 0.25) is 0 Å². The summed E-state index contributed by atoms with van der Waals surface area (Å²) in [5, 5.41) is 0. The highest BCUT2D eigenvalue weighted by Crippen LogP contribution is 2.30. The lowest BCUT2D eigenvalue weighted by Crippen LogP contribution is -2.31. The molecule has 1 aromatic heterocycles. The molecule has 0 spiro atoms. The Kier molecular flexibility index (Phi) is 10.7. The third-order valence-electron chi connectivity index (χ3n) is 2.63. The zero-order valence-corrected chi connectivity index (χ0v) is 14.3. The maximum absolute atomic E-state index is 11.5. The van der Waals surface area contributed by atoms with E-state index < -0.39 is 25.9 Å². The van der Waals surface area contributed by atoms with Crippen molar-refractivity contribution in [1.29, 1.82) is 0 Å². The van der Waals surface area contributed by atoms with Crippen LogP contribution >= 0.6 is 8.38 Å². The molecule has 126 valence electrons. The monoisotopic (exact) mass is 332 g/mol. The normalized spacial score (nSPS) is 20.3. The van der Waals surface area contributed by atoms with Crippen LogP contribution in [-0.2, 0) is 4.74 Å². The van der Waals surface area contributed by atoms with Crippen molar-refractivity contribution in [3.05, 3.63) is 45.0 Å². The van der Waals surface area contributed by atoms with Crippen molar-refractivity contribution < 1.29 is 14.5 Å². The van der Waals surface area contributed by atoms with Crippen molar-refractivity contribution in [2.45, 2.75) is 52.9 Å². The van der Waals surface area contributed by atoms with Gasteiger partial charge in [-0.05, 0) is 18.7 Å². The minimum Gasteiger partial charge on any atom is -0.351 e. The topological polar surface area (TPSA) is 105 Å². The van der Waals surface area contributed by atoms with E-state index in [4.69, 9.17) is 14.5 Å². The van der Waals surface area contributed by atoms with Crippen LogP contribution in [0.1, 0.15) is 46.8 Å². The molecule has 0 aliphatic carbocycles. The number of hydrogen-bond acceptors (Lipinski definition) is 5. The number of H-pyrrole nitrogens is 1. The van der Waals surface area contributed by atoms with Crippen molar-refractivity contribution in [3.8, 4) is 0 Å². The lowest BCUT2D eigenvalue weighted by Gasteiger charge is -2.13. The highest BCUT2D eigenvalue weighted by Gasteiger charge is 2.25. The number of hydrogen-bond donors (Lipinski definition) is 3. The number of nitrogens with one attached hydrogen (secondary N) is 1. The standard InChI is InChI=1S/C10H13N2O5P.2C2H6/c13-8-3-5-12(10(14)11-8)9-2-1-7(17-9)4-6-18(15)16;2*1-2/h3-7,9,15-16H,1-2H2,(H,11,13,14);2*1-2H3/b6-4+;;. The van der Waals surface area contributed by atoms with E-state index in [1.54, 1.807) is 6.08 Å². The van der Waals surface area contributed by atoms with Crippen LogP contribution in [0.2, 0.25) is 0 Å². The van der Waals surface area contributed by atoms with Crippen LogP contribution in [-0.4, -0.2) is 25.4 Å². The van der Waals surface area contributed by atoms with Gasteiger partial charge >= 0.3 is 5.69 Å². The van der Waals surface area contributed by atoms with Crippen molar-refractivity contribution in [2.75, 3.05) is 0 Å². The highest BCUT2D eigenvalue weighted by molar-refractivity contribution is 7.48. The van der Waals surface area contributed by atoms with E-state index in [1.165, 1.54) is 22.6 Å². The van der Waals surface area contributed by atoms with Gasteiger partial charge in [-0.15, -0.1) is 0 Å². The van der Waals surface area contributed by atoms with Gasteiger partial charge in [0, 0.05) is 12.3 Å². The molecule has 0 radical (unpaired) electrons. The summed E-state index contributed by atoms with van der Waals surface area (Å²) in [6, 6.07) is 1.26. The molecule has 0 aromatic carbocycles. The molecule has 22 heavy (non-hydrogen) atoms. The van der Waals surface area contributed by atoms with Gasteiger partial charge in [0.1, 0.15) is 6.23 Å². The molecule has 1 aliphatic rings. The second kappa shape index (κ2) is 11.3. The van der Waals surface area contributed by atoms with E-state index >= 15 is 0 Å². The molecule has 2 atom stereocenters. The van der Waals surface area contributed by atoms with Crippen molar-refractivity contribution in [3.63, 3.8) is 0 Å². The first-order valence-corrected chi connectivity index (χ1v) is 8.70. The molecule has 1 fully saturated rings. The third kappa shape index (κ3) is 6.66. The summed E-state index contributed by atoms with van der Waals surface area (Å²) >= 11 is 0. The fraction of sp³-hybridized carbons (Fsp3) is 0.571. The van der Waals surface area contributed by atoms with Gasteiger partial charge in [-0.25, -0.2) is 4.79 Å². The Morgan fingerprint density at radius 2 is 1.91 bits per heavy atom. The van der Waals surface area contributed by atoms with Crippen LogP contribution in [0.25, 0.3) is 0 Å². The van der Waals surface area contributed by atoms with Gasteiger partial charge in [-0.3, -0.25) is 14.3 Å². The summed E-state index contributed by atoms with van der Waals surface area (Å²) in [6.45, 7) is 8.00. The average Bonchev–Trinajstić information content (AvgIpc) is 2.98. The second-order valence-electron chi connectivity index (χ2n) is 3.89. The maximum Gasteiger partial charge on any atom is 0.330 e. The van der Waals surface area contributed by atoms with Crippen LogP contribution in [0.15, 0.2) is 33.7 Å². The fourth-order valence-electron chi connectivity index (χ4n) is 1.82. The molecule has 2 rings (SSSR count). The Balaban J connectivity index is 0.00000102. The van der Waals surface area contributed by atoms with E-state index in [9.17, 15) is 9.59 Å². The van der Waals surface area contributed by atoms with E-state index in [0.717, 1.165) is 0 Å². The van der Waals surface area contributed by atoms with E-state index in [-0.39, 0.29) is 6.10 Å². The summed E-state index contributed by atoms with van der Waals surface area (Å²) in [6.07, 6.45) is 3.57. The van der Waals surface area contributed by atoms with Gasteiger partial charge in [-0.1, -0.05) is 33.8 Å². The van der Waals surface area contributed by atoms with Crippen molar-refractivity contribution in [2.24, 2.45) is 0 Å². The van der Waals surface area contributed by atoms with Gasteiger partial charge in [0.05, 0.1) is 6.10 Å². The lowest BCUT2D eigenvalue weighted by molar-refractivity contribution is 0.0203. The largest absolute Gasteiger partial charge is 0.351 e. The number of nitrogens with zero attached hydrogens (tertiary/aromatic N) is 1. The Hall–Kier alpha value is -1.27. The molecule has 3 N–H and O–H groups in total. The summed E-state index contributed by atoms with van der Waals surface area (Å²) in [7, 11) is -2.07. The SMILES string of the molecule is CC.CC.O=c1ccn(C2CCC(/C=C/P(O)O)O2)c(=O)[nH]1. The zero-order valence-electron chi connectivity index (χ0n) is 13.4. The Morgan fingerprint density at radius 3 is 2.45 bits per heavy atom. The first-order valence-electron chi connectivity index (χ1n) is 7.38. The molecule has 0 saturated carbocycles. The molecule has 2 heterocycles. The Labute approximate surface area is 131 Å². The van der Waals surface area contributed by atoms with E-state index in [2.05, 4.69) is 4.98 Å². The fourth-order valence-corrected chi connectivity index (χ4v) is 2.16. The van der Waals surface area contributed by atoms with E-state index in [1.807, 2.05) is 27.7 Å². The van der Waals surface area contributed by atoms with Crippen LogP contribution in [0, 0.1) is 0 Å². The van der Waals surface area contributed by atoms with Crippen LogP contribution in [0.5, 0.6) is 0 Å². The van der Waals surface area contributed by atoms with Crippen molar-refractivity contribution in [1.82, 2.24) is 9.55 Å². The molecular formula is C14H25N2O5P. The van der Waals surface area contributed by atoms with Crippen LogP contribution in [0.4, 0.5) is 0 Å². The smallest absolute Gasteiger partial charge is 0.330 e. The minimum absolute atomic E-state index is 0.252. The summed E-state index contributed by atoms with van der Waals surface area (Å²) in [5.41, 5.74) is -0.958. The van der Waals surface area contributed by atoms with Gasteiger partial charge in [0.25, 0.3) is 5.56 Å². The zero-order chi connectivity index (χ0) is 17.1. The Morgan fingerprint density at radius 1 is 1.27 bits per heavy atom. The molecule has 1 saturated heterocycles. The predicted octanol–water partition coefficient (Wildman–Crippen LogP) is 2.08. The maximum atomic E-state index is 11.5. The summed E-state index contributed by atoms with van der Waals surface area (Å²) in [5.74, 6) is 1.28. The molecule has 1 aromatic rings. The predicted molar refractivity (Wildman–Crippen MR) is 87.7 cm³/mol. The summed E-state index contributed by atoms with van der Waals surface area (Å²) in [4.78, 5) is 42.1. The number of rotatable bonds is 3. The van der Waals surface area contributed by atoms with Gasteiger partial charge in [0.15, 0.2) is 8.38 Å². The third-order valence-corrected chi connectivity index (χ3v) is 3.06. The first-order chi connectivity index (χ1) is 10.6. The molecule has 1 aliphatic heterocycles. The second-order valence-corrected chi connectivity index (χ2v) is 4.82. The van der Waals surface area contributed by atoms with Crippen LogP contribution < -0.4 is 11.2 Å². The lowest BCUT2D eigenvalue weighted by atomic mass is 10.2. The summed E-state index contributed by atoms with van der Waals surface area (Å²) < 4.78 is 6.88. The molecular weight excluding hydrogens is 307 g/mol. The number of aromatic amines is 1. The number of aromatic nitrogens is 2. The molecule has 2 unspecified atom stereocenters. The average molecular weight is 332 g/mol. The van der Waals surface area contributed by atoms with Gasteiger partial charge < -0.3 is 14.5 Å².